The van der Waals surface area contributed by atoms with E-state index in [1.807, 2.05) is 6.92 Å². The second-order valence-electron chi connectivity index (χ2n) is 3.12. The largest absolute Gasteiger partial charge is 0.329 e. The molecule has 4 N–H and O–H groups in total. The van der Waals surface area contributed by atoms with E-state index in [2.05, 4.69) is 0 Å². The Bertz CT molecular complexity index is 328. The average Bonchev–Trinajstić information content (AvgIpc) is 2.20. The first-order chi connectivity index (χ1) is 6.61. The van der Waals surface area contributed by atoms with E-state index in [1.165, 1.54) is 6.07 Å². The van der Waals surface area contributed by atoms with E-state index in [0.29, 0.717) is 13.0 Å². The predicted octanol–water partition coefficient (Wildman–Crippen LogP) is 2.00. The molecule has 0 aliphatic carbocycles. The summed E-state index contributed by atoms with van der Waals surface area (Å²) in [7, 11) is 0. The summed E-state index contributed by atoms with van der Waals surface area (Å²) < 4.78 is 13.1. The lowest BCUT2D eigenvalue weighted by Crippen LogP contribution is -2.22. The summed E-state index contributed by atoms with van der Waals surface area (Å²) in [6.45, 7) is 2.24. The molecule has 0 heterocycles. The first kappa shape index (κ1) is 11.4. The van der Waals surface area contributed by atoms with Gasteiger partial charge in [-0.15, -0.1) is 0 Å². The smallest absolute Gasteiger partial charge is 0.142 e. The Hall–Kier alpha value is -0.640. The highest BCUT2D eigenvalue weighted by atomic mass is 35.5. The Balaban J connectivity index is 3.23. The number of halogens is 2. The fraction of sp³-hybridized carbons (Fsp3) is 0.400. The molecule has 0 bridgehead atoms. The monoisotopic (exact) mass is 216 g/mol. The van der Waals surface area contributed by atoms with Gasteiger partial charge in [0.15, 0.2) is 0 Å². The molecule has 14 heavy (non-hydrogen) atoms. The van der Waals surface area contributed by atoms with Crippen molar-refractivity contribution in [1.82, 2.24) is 0 Å². The Labute approximate surface area is 88.0 Å². The van der Waals surface area contributed by atoms with E-state index >= 15 is 0 Å². The minimum absolute atomic E-state index is 0.161. The molecule has 1 aromatic carbocycles. The van der Waals surface area contributed by atoms with Gasteiger partial charge in [-0.2, -0.15) is 0 Å². The number of benzene rings is 1. The molecule has 4 heteroatoms. The minimum atomic E-state index is -0.406. The molecule has 1 aromatic rings. The van der Waals surface area contributed by atoms with Crippen molar-refractivity contribution in [1.29, 1.82) is 0 Å². The molecule has 0 aliphatic rings. The highest BCUT2D eigenvalue weighted by Crippen LogP contribution is 2.27. The summed E-state index contributed by atoms with van der Waals surface area (Å²) in [5.41, 5.74) is 12.8. The second kappa shape index (κ2) is 4.73. The number of hydrogen-bond donors (Lipinski definition) is 2. The van der Waals surface area contributed by atoms with Crippen LogP contribution in [0.3, 0.4) is 0 Å². The molecule has 0 saturated carbocycles. The van der Waals surface area contributed by atoms with E-state index in [1.54, 1.807) is 6.07 Å². The predicted molar refractivity (Wildman–Crippen MR) is 56.8 cm³/mol. The SMILES string of the molecule is CCc1c(C(N)CN)ccc(F)c1Cl. The van der Waals surface area contributed by atoms with Gasteiger partial charge in [0.25, 0.3) is 0 Å². The zero-order valence-electron chi connectivity index (χ0n) is 8.06. The Morgan fingerprint density at radius 2 is 2.14 bits per heavy atom. The first-order valence-corrected chi connectivity index (χ1v) is 4.92. The van der Waals surface area contributed by atoms with Gasteiger partial charge in [-0.05, 0) is 23.6 Å². The maximum absolute atomic E-state index is 13.1. The highest BCUT2D eigenvalue weighted by Gasteiger charge is 2.14. The van der Waals surface area contributed by atoms with Crippen LogP contribution in [0, 0.1) is 5.82 Å². The van der Waals surface area contributed by atoms with Gasteiger partial charge in [-0.3, -0.25) is 0 Å². The van der Waals surface area contributed by atoms with Crippen LogP contribution in [0.4, 0.5) is 4.39 Å². The summed E-state index contributed by atoms with van der Waals surface area (Å²) in [6.07, 6.45) is 0.652. The maximum atomic E-state index is 13.1. The van der Waals surface area contributed by atoms with Crippen molar-refractivity contribution in [3.63, 3.8) is 0 Å². The number of nitrogens with two attached hydrogens (primary N) is 2. The number of hydrogen-bond acceptors (Lipinski definition) is 2. The van der Waals surface area contributed by atoms with Crippen LogP contribution in [0.25, 0.3) is 0 Å². The minimum Gasteiger partial charge on any atom is -0.329 e. The molecule has 2 nitrogen and oxygen atoms in total. The molecule has 0 aliphatic heterocycles. The van der Waals surface area contributed by atoms with Crippen LogP contribution in [0.15, 0.2) is 12.1 Å². The van der Waals surface area contributed by atoms with Crippen molar-refractivity contribution < 1.29 is 4.39 Å². The Kier molecular flexibility index (Phi) is 3.86. The van der Waals surface area contributed by atoms with Crippen molar-refractivity contribution in [3.8, 4) is 0 Å². The van der Waals surface area contributed by atoms with Gasteiger partial charge in [0, 0.05) is 12.6 Å². The lowest BCUT2D eigenvalue weighted by Gasteiger charge is -2.15. The molecule has 1 atom stereocenters. The molecule has 0 aromatic heterocycles. The molecular formula is C10H14ClFN2. The number of rotatable bonds is 3. The van der Waals surface area contributed by atoms with Gasteiger partial charge in [-0.25, -0.2) is 4.39 Å². The molecule has 0 amide bonds. The molecular weight excluding hydrogens is 203 g/mol. The third-order valence-electron chi connectivity index (χ3n) is 2.24. The van der Waals surface area contributed by atoms with Crippen molar-refractivity contribution in [3.05, 3.63) is 34.1 Å². The average molecular weight is 217 g/mol. The lowest BCUT2D eigenvalue weighted by atomic mass is 9.99. The van der Waals surface area contributed by atoms with Crippen LogP contribution in [0.1, 0.15) is 24.1 Å². The molecule has 1 rings (SSSR count). The van der Waals surface area contributed by atoms with Crippen LogP contribution >= 0.6 is 11.6 Å². The molecule has 78 valence electrons. The van der Waals surface area contributed by atoms with Gasteiger partial charge >= 0.3 is 0 Å². The second-order valence-corrected chi connectivity index (χ2v) is 3.50. The van der Waals surface area contributed by atoms with Crippen LogP contribution in [-0.4, -0.2) is 6.54 Å². The molecule has 0 saturated heterocycles. The molecule has 0 fully saturated rings. The van der Waals surface area contributed by atoms with Gasteiger partial charge in [-0.1, -0.05) is 24.6 Å². The third-order valence-corrected chi connectivity index (χ3v) is 2.65. The topological polar surface area (TPSA) is 52.0 Å². The molecule has 0 radical (unpaired) electrons. The van der Waals surface area contributed by atoms with Crippen molar-refractivity contribution in [2.24, 2.45) is 11.5 Å². The summed E-state index contributed by atoms with van der Waals surface area (Å²) >= 11 is 5.83. The van der Waals surface area contributed by atoms with E-state index in [-0.39, 0.29) is 11.1 Å². The van der Waals surface area contributed by atoms with Crippen molar-refractivity contribution in [2.75, 3.05) is 6.54 Å². The van der Waals surface area contributed by atoms with Crippen LogP contribution in [0.2, 0.25) is 5.02 Å². The van der Waals surface area contributed by atoms with Crippen molar-refractivity contribution in [2.45, 2.75) is 19.4 Å². The standard InChI is InChI=1S/C10H14ClFN2/c1-2-6-7(9(14)5-13)3-4-8(12)10(6)11/h3-4,9H,2,5,13-14H2,1H3. The van der Waals surface area contributed by atoms with E-state index in [4.69, 9.17) is 23.1 Å². The molecule has 0 spiro atoms. The molecule has 1 unspecified atom stereocenters. The van der Waals surface area contributed by atoms with E-state index in [0.717, 1.165) is 11.1 Å². The first-order valence-electron chi connectivity index (χ1n) is 4.54. The normalized spacial score (nSPS) is 12.9. The summed E-state index contributed by atoms with van der Waals surface area (Å²) in [4.78, 5) is 0. The fourth-order valence-corrected chi connectivity index (χ4v) is 1.75. The zero-order chi connectivity index (χ0) is 10.7. The maximum Gasteiger partial charge on any atom is 0.142 e. The fourth-order valence-electron chi connectivity index (χ4n) is 1.44. The van der Waals surface area contributed by atoms with Gasteiger partial charge in [0.2, 0.25) is 0 Å². The summed E-state index contributed by atoms with van der Waals surface area (Å²) in [5, 5.41) is 0.161. The third kappa shape index (κ3) is 2.05. The van der Waals surface area contributed by atoms with E-state index < -0.39 is 5.82 Å². The van der Waals surface area contributed by atoms with Crippen LogP contribution in [-0.2, 0) is 6.42 Å². The van der Waals surface area contributed by atoms with Gasteiger partial charge < -0.3 is 11.5 Å². The van der Waals surface area contributed by atoms with Gasteiger partial charge in [0.05, 0.1) is 5.02 Å². The quantitative estimate of drug-likeness (QED) is 0.812. The zero-order valence-corrected chi connectivity index (χ0v) is 8.81. The van der Waals surface area contributed by atoms with Crippen molar-refractivity contribution >= 4 is 11.6 Å². The van der Waals surface area contributed by atoms with Crippen LogP contribution in [0.5, 0.6) is 0 Å². The Morgan fingerprint density at radius 3 is 2.64 bits per heavy atom. The Morgan fingerprint density at radius 1 is 1.50 bits per heavy atom. The van der Waals surface area contributed by atoms with Gasteiger partial charge in [0.1, 0.15) is 5.82 Å². The summed E-state index contributed by atoms with van der Waals surface area (Å²) in [5.74, 6) is -0.406. The lowest BCUT2D eigenvalue weighted by molar-refractivity contribution is 0.622. The highest BCUT2D eigenvalue weighted by molar-refractivity contribution is 6.31. The van der Waals surface area contributed by atoms with E-state index in [9.17, 15) is 4.39 Å². The van der Waals surface area contributed by atoms with Crippen LogP contribution < -0.4 is 11.5 Å². The summed E-state index contributed by atoms with van der Waals surface area (Å²) in [6, 6.07) is 2.70.